The predicted octanol–water partition coefficient (Wildman–Crippen LogP) is 0.828. The van der Waals surface area contributed by atoms with Crippen molar-refractivity contribution >= 4 is 6.03 Å². The monoisotopic (exact) mass is 202 g/mol. The second kappa shape index (κ2) is 8.52. The van der Waals surface area contributed by atoms with E-state index in [-0.39, 0.29) is 6.03 Å². The Hall–Kier alpha value is -1.07. The van der Waals surface area contributed by atoms with Gasteiger partial charge >= 0.3 is 6.03 Å². The molecule has 0 aromatic rings. The van der Waals surface area contributed by atoms with Crippen LogP contribution >= 0.6 is 0 Å². The summed E-state index contributed by atoms with van der Waals surface area (Å²) in [5, 5.41) is 5.14. The van der Waals surface area contributed by atoms with Gasteiger partial charge in [0.15, 0.2) is 6.29 Å². The minimum atomic E-state index is -0.407. The molecule has 0 aliphatic carbocycles. The average Bonchev–Trinajstić information content (AvgIpc) is 2.20. The maximum atomic E-state index is 11.1. The first kappa shape index (κ1) is 12.9. The van der Waals surface area contributed by atoms with Gasteiger partial charge in [-0.15, -0.1) is 0 Å². The molecule has 0 radical (unpaired) electrons. The van der Waals surface area contributed by atoms with E-state index in [0.29, 0.717) is 6.54 Å². The topological polar surface area (TPSA) is 59.6 Å². The molecule has 0 unspecified atom stereocenters. The van der Waals surface area contributed by atoms with Gasteiger partial charge in [0, 0.05) is 20.4 Å². The maximum absolute atomic E-state index is 11.1. The van der Waals surface area contributed by atoms with Gasteiger partial charge in [0.2, 0.25) is 0 Å². The summed E-state index contributed by atoms with van der Waals surface area (Å²) in [6.45, 7) is 2.31. The van der Waals surface area contributed by atoms with Crippen LogP contribution < -0.4 is 10.6 Å². The van der Waals surface area contributed by atoms with Gasteiger partial charge in [0.1, 0.15) is 0 Å². The van der Waals surface area contributed by atoms with Gasteiger partial charge in [-0.05, 0) is 6.42 Å². The van der Waals surface area contributed by atoms with Gasteiger partial charge in [0.05, 0.1) is 6.54 Å². The normalized spacial score (nSPS) is 10.9. The van der Waals surface area contributed by atoms with Crippen molar-refractivity contribution in [3.63, 3.8) is 0 Å². The molecule has 2 amide bonds. The molecule has 0 spiro atoms. The number of nitrogens with one attached hydrogen (secondary N) is 2. The quantitative estimate of drug-likeness (QED) is 0.627. The molecule has 2 N–H and O–H groups in total. The van der Waals surface area contributed by atoms with Gasteiger partial charge in [-0.3, -0.25) is 0 Å². The minimum absolute atomic E-state index is 0.270. The minimum Gasteiger partial charge on any atom is -0.354 e. The van der Waals surface area contributed by atoms with Crippen LogP contribution in [-0.2, 0) is 9.47 Å². The highest BCUT2D eigenvalue weighted by Crippen LogP contribution is 1.87. The van der Waals surface area contributed by atoms with Gasteiger partial charge in [-0.1, -0.05) is 13.0 Å². The Balaban J connectivity index is 3.57. The summed E-state index contributed by atoms with van der Waals surface area (Å²) < 4.78 is 9.79. The number of amides is 2. The predicted molar refractivity (Wildman–Crippen MR) is 53.8 cm³/mol. The zero-order chi connectivity index (χ0) is 10.8. The third kappa shape index (κ3) is 6.45. The van der Waals surface area contributed by atoms with Crippen molar-refractivity contribution in [2.75, 3.05) is 20.8 Å². The van der Waals surface area contributed by atoms with Crippen molar-refractivity contribution in [2.45, 2.75) is 19.6 Å². The largest absolute Gasteiger partial charge is 0.354 e. The third-order valence-electron chi connectivity index (χ3n) is 1.52. The van der Waals surface area contributed by atoms with Crippen molar-refractivity contribution in [2.24, 2.45) is 0 Å². The molecule has 0 rings (SSSR count). The Bertz CT molecular complexity index is 179. The lowest BCUT2D eigenvalue weighted by Gasteiger charge is -2.13. The van der Waals surface area contributed by atoms with Crippen molar-refractivity contribution in [3.8, 4) is 0 Å². The molecule has 0 aromatic carbocycles. The number of rotatable bonds is 6. The highest BCUT2D eigenvalue weighted by Gasteiger charge is 2.05. The van der Waals surface area contributed by atoms with Crippen LogP contribution in [0.5, 0.6) is 0 Å². The van der Waals surface area contributed by atoms with Gasteiger partial charge in [0.25, 0.3) is 0 Å². The van der Waals surface area contributed by atoms with Crippen molar-refractivity contribution < 1.29 is 14.3 Å². The number of hydrogen-bond donors (Lipinski definition) is 2. The zero-order valence-corrected chi connectivity index (χ0v) is 8.87. The molecule has 0 aliphatic rings. The molecule has 0 bridgehead atoms. The lowest BCUT2D eigenvalue weighted by atomic mass is 10.5. The Morgan fingerprint density at radius 3 is 2.57 bits per heavy atom. The number of hydrogen-bond acceptors (Lipinski definition) is 3. The zero-order valence-electron chi connectivity index (χ0n) is 8.87. The molecule has 82 valence electrons. The molecule has 0 aliphatic heterocycles. The number of carbonyl (C=O) groups is 1. The molecular weight excluding hydrogens is 184 g/mol. The number of urea groups is 1. The fraction of sp³-hybridized carbons (Fsp3) is 0.667. The van der Waals surface area contributed by atoms with E-state index in [4.69, 9.17) is 9.47 Å². The van der Waals surface area contributed by atoms with Crippen LogP contribution in [-0.4, -0.2) is 33.1 Å². The summed E-state index contributed by atoms with van der Waals surface area (Å²) in [6, 6.07) is -0.270. The standard InChI is InChI=1S/C9H18N2O3/c1-4-5-6-10-9(12)11-7-8(13-2)14-3/h5-6,8H,4,7H2,1-3H3,(H2,10,11,12)/b6-5+. The average molecular weight is 202 g/mol. The lowest BCUT2D eigenvalue weighted by molar-refractivity contribution is -0.0971. The first-order chi connectivity index (χ1) is 6.74. The second-order valence-electron chi connectivity index (χ2n) is 2.57. The Morgan fingerprint density at radius 1 is 1.43 bits per heavy atom. The fourth-order valence-corrected chi connectivity index (χ4v) is 0.742. The fourth-order valence-electron chi connectivity index (χ4n) is 0.742. The number of allylic oxidation sites excluding steroid dienone is 1. The molecule has 0 aromatic heterocycles. The van der Waals surface area contributed by atoms with Crippen LogP contribution in [0.25, 0.3) is 0 Å². The molecular formula is C9H18N2O3. The number of carbonyl (C=O) groups excluding carboxylic acids is 1. The van der Waals surface area contributed by atoms with E-state index in [0.717, 1.165) is 6.42 Å². The Labute approximate surface area is 84.5 Å². The molecule has 14 heavy (non-hydrogen) atoms. The van der Waals surface area contributed by atoms with E-state index < -0.39 is 6.29 Å². The maximum Gasteiger partial charge on any atom is 0.318 e. The van der Waals surface area contributed by atoms with E-state index in [9.17, 15) is 4.79 Å². The van der Waals surface area contributed by atoms with Gasteiger partial charge in [-0.25, -0.2) is 4.79 Å². The summed E-state index contributed by atoms with van der Waals surface area (Å²) >= 11 is 0. The summed E-state index contributed by atoms with van der Waals surface area (Å²) in [5.74, 6) is 0. The van der Waals surface area contributed by atoms with Crippen LogP contribution in [0.15, 0.2) is 12.3 Å². The SMILES string of the molecule is CC/C=C/NC(=O)NCC(OC)OC. The van der Waals surface area contributed by atoms with Gasteiger partial charge in [-0.2, -0.15) is 0 Å². The van der Waals surface area contributed by atoms with Crippen molar-refractivity contribution in [1.82, 2.24) is 10.6 Å². The second-order valence-corrected chi connectivity index (χ2v) is 2.57. The first-order valence-electron chi connectivity index (χ1n) is 4.49. The van der Waals surface area contributed by atoms with Crippen LogP contribution in [0.4, 0.5) is 4.79 Å². The molecule has 0 saturated carbocycles. The first-order valence-corrected chi connectivity index (χ1v) is 4.49. The summed E-state index contributed by atoms with van der Waals surface area (Å²) in [7, 11) is 3.04. The van der Waals surface area contributed by atoms with Crippen LogP contribution in [0.2, 0.25) is 0 Å². The molecule has 0 fully saturated rings. The highest BCUT2D eigenvalue weighted by atomic mass is 16.7. The van der Waals surface area contributed by atoms with E-state index in [1.54, 1.807) is 6.20 Å². The number of ether oxygens (including phenoxy) is 2. The molecule has 0 saturated heterocycles. The summed E-state index contributed by atoms with van der Waals surface area (Å²) in [4.78, 5) is 11.1. The third-order valence-corrected chi connectivity index (χ3v) is 1.52. The van der Waals surface area contributed by atoms with Crippen molar-refractivity contribution in [3.05, 3.63) is 12.3 Å². The van der Waals surface area contributed by atoms with Gasteiger partial charge < -0.3 is 20.1 Å². The van der Waals surface area contributed by atoms with Crippen LogP contribution in [0.3, 0.4) is 0 Å². The van der Waals surface area contributed by atoms with E-state index in [2.05, 4.69) is 10.6 Å². The number of methoxy groups -OCH3 is 2. The Kier molecular flexibility index (Phi) is 7.87. The molecule has 0 heterocycles. The van der Waals surface area contributed by atoms with Crippen LogP contribution in [0, 0.1) is 0 Å². The Morgan fingerprint density at radius 2 is 2.07 bits per heavy atom. The summed E-state index contributed by atoms with van der Waals surface area (Å²) in [6.07, 6.45) is 3.93. The van der Waals surface area contributed by atoms with E-state index >= 15 is 0 Å². The van der Waals surface area contributed by atoms with Crippen LogP contribution in [0.1, 0.15) is 13.3 Å². The molecule has 5 nitrogen and oxygen atoms in total. The molecule has 5 heteroatoms. The van der Waals surface area contributed by atoms with Crippen molar-refractivity contribution in [1.29, 1.82) is 0 Å². The van der Waals surface area contributed by atoms with E-state index in [1.807, 2.05) is 13.0 Å². The molecule has 0 atom stereocenters. The van der Waals surface area contributed by atoms with E-state index in [1.165, 1.54) is 14.2 Å². The lowest BCUT2D eigenvalue weighted by Crippen LogP contribution is -2.38. The smallest absolute Gasteiger partial charge is 0.318 e. The summed E-state index contributed by atoms with van der Waals surface area (Å²) in [5.41, 5.74) is 0. The highest BCUT2D eigenvalue weighted by molar-refractivity contribution is 5.74.